The molecule has 0 saturated carbocycles. The molecule has 0 aliphatic rings. The average Bonchev–Trinajstić information content (AvgIpc) is 2.30. The highest BCUT2D eigenvalue weighted by molar-refractivity contribution is 14.1. The standard InChI is InChI=1S/C14H11IO2/c15-13-7-5-12(6-8-13)11-3-1-10(2-4-11)9-14(16)17/h1-8H,9H2,(H,16,17). The van der Waals surface area contributed by atoms with Crippen LogP contribution in [0.3, 0.4) is 0 Å². The van der Waals surface area contributed by atoms with Crippen LogP contribution in [-0.4, -0.2) is 11.1 Å². The van der Waals surface area contributed by atoms with Crippen molar-refractivity contribution in [1.29, 1.82) is 0 Å². The molecule has 1 N–H and O–H groups in total. The molecule has 0 saturated heterocycles. The Morgan fingerprint density at radius 1 is 0.941 bits per heavy atom. The summed E-state index contributed by atoms with van der Waals surface area (Å²) >= 11 is 2.27. The van der Waals surface area contributed by atoms with Gasteiger partial charge in [-0.1, -0.05) is 36.4 Å². The molecule has 0 unspecified atom stereocenters. The molecule has 2 aromatic carbocycles. The molecule has 2 rings (SSSR count). The van der Waals surface area contributed by atoms with E-state index >= 15 is 0 Å². The van der Waals surface area contributed by atoms with E-state index in [0.29, 0.717) is 0 Å². The molecule has 0 aliphatic carbocycles. The minimum absolute atomic E-state index is 0.0764. The lowest BCUT2D eigenvalue weighted by molar-refractivity contribution is -0.136. The molecule has 0 heterocycles. The molecule has 0 bridgehead atoms. The molecule has 86 valence electrons. The fraction of sp³-hybridized carbons (Fsp3) is 0.0714. The summed E-state index contributed by atoms with van der Waals surface area (Å²) in [6, 6.07) is 15.9. The Kier molecular flexibility index (Phi) is 3.78. The van der Waals surface area contributed by atoms with Gasteiger partial charge in [-0.15, -0.1) is 0 Å². The zero-order chi connectivity index (χ0) is 12.3. The van der Waals surface area contributed by atoms with Crippen molar-refractivity contribution in [3.63, 3.8) is 0 Å². The summed E-state index contributed by atoms with van der Waals surface area (Å²) in [5, 5.41) is 8.68. The Bertz CT molecular complexity index is 515. The molecule has 17 heavy (non-hydrogen) atoms. The maximum absolute atomic E-state index is 10.6. The van der Waals surface area contributed by atoms with Gasteiger partial charge in [0.2, 0.25) is 0 Å². The average molecular weight is 338 g/mol. The smallest absolute Gasteiger partial charge is 0.307 e. The van der Waals surface area contributed by atoms with E-state index in [4.69, 9.17) is 5.11 Å². The number of carbonyl (C=O) groups is 1. The van der Waals surface area contributed by atoms with Crippen LogP contribution in [0.5, 0.6) is 0 Å². The van der Waals surface area contributed by atoms with Crippen LogP contribution in [0.2, 0.25) is 0 Å². The summed E-state index contributed by atoms with van der Waals surface area (Å²) in [4.78, 5) is 10.6. The topological polar surface area (TPSA) is 37.3 Å². The third-order valence-corrected chi connectivity index (χ3v) is 3.21. The Hall–Kier alpha value is -1.36. The highest BCUT2D eigenvalue weighted by atomic mass is 127. The second-order valence-electron chi connectivity index (χ2n) is 3.77. The number of carboxylic acids is 1. The number of carboxylic acid groups (broad SMARTS) is 1. The van der Waals surface area contributed by atoms with Gasteiger partial charge in [-0.3, -0.25) is 4.79 Å². The number of hydrogen-bond acceptors (Lipinski definition) is 1. The molecule has 3 heteroatoms. The first-order valence-corrected chi connectivity index (χ1v) is 6.30. The van der Waals surface area contributed by atoms with Crippen LogP contribution in [0.25, 0.3) is 11.1 Å². The zero-order valence-corrected chi connectivity index (χ0v) is 11.2. The normalized spacial score (nSPS) is 10.2. The van der Waals surface area contributed by atoms with Crippen LogP contribution < -0.4 is 0 Å². The van der Waals surface area contributed by atoms with Crippen LogP contribution in [0.1, 0.15) is 5.56 Å². The summed E-state index contributed by atoms with van der Waals surface area (Å²) in [6.07, 6.45) is 0.0764. The molecule has 0 atom stereocenters. The first kappa shape index (κ1) is 12.1. The molecule has 2 aromatic rings. The Balaban J connectivity index is 2.23. The van der Waals surface area contributed by atoms with E-state index in [-0.39, 0.29) is 6.42 Å². The summed E-state index contributed by atoms with van der Waals surface area (Å²) in [7, 11) is 0. The molecule has 2 nitrogen and oxygen atoms in total. The fourth-order valence-electron chi connectivity index (χ4n) is 1.63. The molecule has 0 aliphatic heterocycles. The van der Waals surface area contributed by atoms with Crippen molar-refractivity contribution >= 4 is 28.6 Å². The highest BCUT2D eigenvalue weighted by Crippen LogP contribution is 2.21. The van der Waals surface area contributed by atoms with Crippen molar-refractivity contribution in [2.24, 2.45) is 0 Å². The third-order valence-electron chi connectivity index (χ3n) is 2.49. The number of halogens is 1. The van der Waals surface area contributed by atoms with Crippen LogP contribution >= 0.6 is 22.6 Å². The number of rotatable bonds is 3. The second-order valence-corrected chi connectivity index (χ2v) is 5.02. The first-order chi connectivity index (χ1) is 8.15. The Morgan fingerprint density at radius 3 is 1.88 bits per heavy atom. The Morgan fingerprint density at radius 2 is 1.41 bits per heavy atom. The van der Waals surface area contributed by atoms with Gasteiger partial charge in [0, 0.05) is 3.57 Å². The highest BCUT2D eigenvalue weighted by Gasteiger charge is 2.01. The van der Waals surface area contributed by atoms with Crippen molar-refractivity contribution in [3.8, 4) is 11.1 Å². The van der Waals surface area contributed by atoms with Crippen LogP contribution in [0, 0.1) is 3.57 Å². The lowest BCUT2D eigenvalue weighted by Gasteiger charge is -2.03. The zero-order valence-electron chi connectivity index (χ0n) is 9.06. The predicted molar refractivity (Wildman–Crippen MR) is 75.9 cm³/mol. The lowest BCUT2D eigenvalue weighted by atomic mass is 10.0. The summed E-state index contributed by atoms with van der Waals surface area (Å²) in [5.41, 5.74) is 3.08. The van der Waals surface area contributed by atoms with E-state index in [1.807, 2.05) is 24.3 Å². The predicted octanol–water partition coefficient (Wildman–Crippen LogP) is 3.59. The molecular weight excluding hydrogens is 327 g/mol. The first-order valence-electron chi connectivity index (χ1n) is 5.22. The van der Waals surface area contributed by atoms with Crippen molar-refractivity contribution in [2.45, 2.75) is 6.42 Å². The minimum Gasteiger partial charge on any atom is -0.481 e. The van der Waals surface area contributed by atoms with Gasteiger partial charge in [0.1, 0.15) is 0 Å². The molecule has 0 fully saturated rings. The van der Waals surface area contributed by atoms with E-state index in [2.05, 4.69) is 46.9 Å². The quantitative estimate of drug-likeness (QED) is 0.869. The van der Waals surface area contributed by atoms with Gasteiger partial charge in [0.25, 0.3) is 0 Å². The fourth-order valence-corrected chi connectivity index (χ4v) is 1.99. The van der Waals surface area contributed by atoms with Gasteiger partial charge in [0.05, 0.1) is 6.42 Å². The van der Waals surface area contributed by atoms with Gasteiger partial charge in [-0.25, -0.2) is 0 Å². The van der Waals surface area contributed by atoms with E-state index in [0.717, 1.165) is 16.7 Å². The number of hydrogen-bond donors (Lipinski definition) is 1. The van der Waals surface area contributed by atoms with Gasteiger partial charge >= 0.3 is 5.97 Å². The van der Waals surface area contributed by atoms with E-state index in [9.17, 15) is 4.79 Å². The van der Waals surface area contributed by atoms with Crippen LogP contribution in [-0.2, 0) is 11.2 Å². The van der Waals surface area contributed by atoms with Gasteiger partial charge in [0.15, 0.2) is 0 Å². The molecule has 0 radical (unpaired) electrons. The molecule has 0 aromatic heterocycles. The molecular formula is C14H11IO2. The SMILES string of the molecule is O=C(O)Cc1ccc(-c2ccc(I)cc2)cc1. The largest absolute Gasteiger partial charge is 0.481 e. The molecule has 0 spiro atoms. The van der Waals surface area contributed by atoms with Crippen molar-refractivity contribution in [3.05, 3.63) is 57.7 Å². The maximum atomic E-state index is 10.6. The van der Waals surface area contributed by atoms with E-state index < -0.39 is 5.97 Å². The Labute approximate surface area is 113 Å². The van der Waals surface area contributed by atoms with E-state index in [1.54, 1.807) is 0 Å². The second kappa shape index (κ2) is 5.31. The van der Waals surface area contributed by atoms with Crippen LogP contribution in [0.4, 0.5) is 0 Å². The number of aliphatic carboxylic acids is 1. The maximum Gasteiger partial charge on any atom is 0.307 e. The minimum atomic E-state index is -0.799. The van der Waals surface area contributed by atoms with Crippen molar-refractivity contribution in [1.82, 2.24) is 0 Å². The third kappa shape index (κ3) is 3.30. The van der Waals surface area contributed by atoms with Gasteiger partial charge in [-0.05, 0) is 51.4 Å². The molecule has 0 amide bonds. The lowest BCUT2D eigenvalue weighted by Crippen LogP contribution is -1.99. The van der Waals surface area contributed by atoms with Crippen molar-refractivity contribution < 1.29 is 9.90 Å². The van der Waals surface area contributed by atoms with E-state index in [1.165, 1.54) is 3.57 Å². The van der Waals surface area contributed by atoms with Crippen molar-refractivity contribution in [2.75, 3.05) is 0 Å². The van der Waals surface area contributed by atoms with Gasteiger partial charge < -0.3 is 5.11 Å². The van der Waals surface area contributed by atoms with Crippen LogP contribution in [0.15, 0.2) is 48.5 Å². The monoisotopic (exact) mass is 338 g/mol. The summed E-state index contributed by atoms with van der Waals surface area (Å²) in [5.74, 6) is -0.799. The summed E-state index contributed by atoms with van der Waals surface area (Å²) < 4.78 is 1.20. The van der Waals surface area contributed by atoms with Gasteiger partial charge in [-0.2, -0.15) is 0 Å². The number of benzene rings is 2. The summed E-state index contributed by atoms with van der Waals surface area (Å²) in [6.45, 7) is 0.